The first-order valence-electron chi connectivity index (χ1n) is 7.24. The molecule has 1 atom stereocenters. The smallest absolute Gasteiger partial charge is 0.258 e. The summed E-state index contributed by atoms with van der Waals surface area (Å²) in [4.78, 5) is 25.7. The Morgan fingerprint density at radius 3 is 2.55 bits per heavy atom. The molecule has 0 spiro atoms. The molecular weight excluding hydrogens is 348 g/mol. The highest BCUT2D eigenvalue weighted by atomic mass is 79.9. The maximum absolute atomic E-state index is 12.0. The predicted molar refractivity (Wildman–Crippen MR) is 87.7 cm³/mol. The molecule has 1 aromatic carbocycles. The number of nitrogens with one attached hydrogen (secondary N) is 1. The predicted octanol–water partition coefficient (Wildman–Crippen LogP) is 2.34. The topological polar surface area (TPSA) is 58.6 Å². The zero-order valence-corrected chi connectivity index (χ0v) is 14.6. The Kier molecular flexibility index (Phi) is 5.11. The van der Waals surface area contributed by atoms with Crippen molar-refractivity contribution < 1.29 is 14.3 Å². The first kappa shape index (κ1) is 16.8. The number of rotatable bonds is 4. The van der Waals surface area contributed by atoms with Gasteiger partial charge >= 0.3 is 0 Å². The van der Waals surface area contributed by atoms with E-state index < -0.39 is 0 Å². The summed E-state index contributed by atoms with van der Waals surface area (Å²) in [6, 6.07) is 7.14. The van der Waals surface area contributed by atoms with Crippen LogP contribution in [0.3, 0.4) is 0 Å². The maximum atomic E-state index is 12.0. The molecule has 1 saturated heterocycles. The van der Waals surface area contributed by atoms with Gasteiger partial charge in [0.25, 0.3) is 5.91 Å². The van der Waals surface area contributed by atoms with Crippen molar-refractivity contribution in [3.05, 3.63) is 28.7 Å². The van der Waals surface area contributed by atoms with E-state index in [1.165, 1.54) is 0 Å². The minimum atomic E-state index is -0.218. The lowest BCUT2D eigenvalue weighted by Crippen LogP contribution is -2.45. The van der Waals surface area contributed by atoms with Crippen LogP contribution in [-0.4, -0.2) is 41.4 Å². The number of amides is 2. The molecule has 1 aromatic rings. The van der Waals surface area contributed by atoms with Gasteiger partial charge < -0.3 is 15.0 Å². The van der Waals surface area contributed by atoms with Gasteiger partial charge in [0.2, 0.25) is 5.91 Å². The highest BCUT2D eigenvalue weighted by molar-refractivity contribution is 9.10. The fourth-order valence-electron chi connectivity index (χ4n) is 2.40. The molecule has 1 heterocycles. The molecule has 0 aliphatic carbocycles. The van der Waals surface area contributed by atoms with E-state index in [0.29, 0.717) is 18.7 Å². The fourth-order valence-corrected chi connectivity index (χ4v) is 2.67. The van der Waals surface area contributed by atoms with Crippen molar-refractivity contribution >= 4 is 27.7 Å². The normalized spacial score (nSPS) is 18.5. The number of carbonyl (C=O) groups excluding carboxylic acids is 2. The van der Waals surface area contributed by atoms with Crippen molar-refractivity contribution in [1.29, 1.82) is 0 Å². The second-order valence-electron chi connectivity index (χ2n) is 6.39. The second-order valence-corrected chi connectivity index (χ2v) is 7.30. The number of ether oxygens (including phenoxy) is 1. The molecule has 5 nitrogen and oxygen atoms in total. The zero-order valence-electron chi connectivity index (χ0n) is 13.1. The van der Waals surface area contributed by atoms with Crippen molar-refractivity contribution in [1.82, 2.24) is 10.2 Å². The molecular formula is C16H21BrN2O3. The summed E-state index contributed by atoms with van der Waals surface area (Å²) in [5, 5.41) is 2.86. The lowest BCUT2D eigenvalue weighted by Gasteiger charge is -2.32. The minimum Gasteiger partial charge on any atom is -0.484 e. The van der Waals surface area contributed by atoms with E-state index in [1.807, 2.05) is 32.9 Å². The van der Waals surface area contributed by atoms with Gasteiger partial charge in [0, 0.05) is 23.0 Å². The third kappa shape index (κ3) is 4.47. The van der Waals surface area contributed by atoms with Crippen LogP contribution < -0.4 is 10.1 Å². The molecule has 1 N–H and O–H groups in total. The number of hydrogen-bond donors (Lipinski definition) is 1. The third-order valence-electron chi connectivity index (χ3n) is 3.48. The number of nitrogens with zero attached hydrogens (tertiary/aromatic N) is 1. The molecule has 22 heavy (non-hydrogen) atoms. The first-order valence-corrected chi connectivity index (χ1v) is 8.03. The first-order chi connectivity index (χ1) is 10.3. The lowest BCUT2D eigenvalue weighted by molar-refractivity contribution is -0.131. The number of carbonyl (C=O) groups is 2. The van der Waals surface area contributed by atoms with Crippen LogP contribution in [-0.2, 0) is 9.59 Å². The molecule has 2 amide bonds. The van der Waals surface area contributed by atoms with Crippen molar-refractivity contribution in [3.8, 4) is 5.75 Å². The van der Waals surface area contributed by atoms with Crippen molar-refractivity contribution in [3.63, 3.8) is 0 Å². The van der Waals surface area contributed by atoms with Crippen LogP contribution in [0.25, 0.3) is 0 Å². The van der Waals surface area contributed by atoms with Crippen LogP contribution in [0.1, 0.15) is 27.2 Å². The summed E-state index contributed by atoms with van der Waals surface area (Å²) in [6.45, 7) is 6.47. The van der Waals surface area contributed by atoms with Crippen LogP contribution in [0.15, 0.2) is 28.7 Å². The molecule has 1 fully saturated rings. The molecule has 0 radical (unpaired) electrons. The van der Waals surface area contributed by atoms with Gasteiger partial charge in [-0.3, -0.25) is 9.59 Å². The SMILES string of the molecule is CC(C)(C)N1C[C@H](NC(=O)COc2ccc(Br)cc2)CC1=O. The van der Waals surface area contributed by atoms with Crippen LogP contribution in [0.4, 0.5) is 0 Å². The molecule has 120 valence electrons. The summed E-state index contributed by atoms with van der Waals surface area (Å²) in [7, 11) is 0. The Morgan fingerprint density at radius 1 is 1.36 bits per heavy atom. The second kappa shape index (κ2) is 6.69. The Labute approximate surface area is 139 Å². The molecule has 0 unspecified atom stereocenters. The summed E-state index contributed by atoms with van der Waals surface area (Å²) < 4.78 is 6.38. The largest absolute Gasteiger partial charge is 0.484 e. The van der Waals surface area contributed by atoms with Gasteiger partial charge in [-0.15, -0.1) is 0 Å². The Balaban J connectivity index is 1.80. The summed E-state index contributed by atoms with van der Waals surface area (Å²) in [5.41, 5.74) is -0.218. The number of hydrogen-bond acceptors (Lipinski definition) is 3. The maximum Gasteiger partial charge on any atom is 0.258 e. The Bertz CT molecular complexity index is 552. The molecule has 6 heteroatoms. The van der Waals surface area contributed by atoms with Gasteiger partial charge in [0.15, 0.2) is 6.61 Å². The third-order valence-corrected chi connectivity index (χ3v) is 4.01. The minimum absolute atomic E-state index is 0.0537. The van der Waals surface area contributed by atoms with Crippen LogP contribution in [0.5, 0.6) is 5.75 Å². The Morgan fingerprint density at radius 2 is 2.00 bits per heavy atom. The van der Waals surface area contributed by atoms with Gasteiger partial charge in [0.05, 0.1) is 6.04 Å². The standard InChI is InChI=1S/C16H21BrN2O3/c1-16(2,3)19-9-12(8-15(19)21)18-14(20)10-22-13-6-4-11(17)5-7-13/h4-7,12H,8-10H2,1-3H3,(H,18,20)/t12-/m1/s1. The molecule has 2 rings (SSSR count). The highest BCUT2D eigenvalue weighted by Gasteiger charge is 2.36. The summed E-state index contributed by atoms with van der Waals surface area (Å²) in [5.74, 6) is 0.500. The van der Waals surface area contributed by atoms with Crippen molar-refractivity contribution in [2.24, 2.45) is 0 Å². The number of benzene rings is 1. The van der Waals surface area contributed by atoms with Crippen LogP contribution in [0.2, 0.25) is 0 Å². The highest BCUT2D eigenvalue weighted by Crippen LogP contribution is 2.22. The van der Waals surface area contributed by atoms with Gasteiger partial charge in [-0.1, -0.05) is 15.9 Å². The number of halogens is 1. The van der Waals surface area contributed by atoms with E-state index in [0.717, 1.165) is 4.47 Å². The molecule has 0 saturated carbocycles. The zero-order chi connectivity index (χ0) is 16.3. The molecule has 0 bridgehead atoms. The van der Waals surface area contributed by atoms with Crippen molar-refractivity contribution in [2.75, 3.05) is 13.2 Å². The van der Waals surface area contributed by atoms with Gasteiger partial charge in [-0.05, 0) is 45.0 Å². The summed E-state index contributed by atoms with van der Waals surface area (Å²) >= 11 is 3.34. The average molecular weight is 369 g/mol. The van der Waals surface area contributed by atoms with Crippen LogP contribution >= 0.6 is 15.9 Å². The van der Waals surface area contributed by atoms with E-state index in [1.54, 1.807) is 17.0 Å². The average Bonchev–Trinajstić information content (AvgIpc) is 2.79. The van der Waals surface area contributed by atoms with Crippen LogP contribution in [0, 0.1) is 0 Å². The van der Waals surface area contributed by atoms with Crippen molar-refractivity contribution in [2.45, 2.75) is 38.8 Å². The van der Waals surface area contributed by atoms with E-state index in [4.69, 9.17) is 4.74 Å². The molecule has 0 aromatic heterocycles. The van der Waals surface area contributed by atoms with Gasteiger partial charge in [-0.2, -0.15) is 0 Å². The van der Waals surface area contributed by atoms with E-state index >= 15 is 0 Å². The quantitative estimate of drug-likeness (QED) is 0.887. The fraction of sp³-hybridized carbons (Fsp3) is 0.500. The van der Waals surface area contributed by atoms with Gasteiger partial charge in [-0.25, -0.2) is 0 Å². The van der Waals surface area contributed by atoms with E-state index in [-0.39, 0.29) is 30.0 Å². The monoisotopic (exact) mass is 368 g/mol. The van der Waals surface area contributed by atoms with E-state index in [9.17, 15) is 9.59 Å². The molecule has 1 aliphatic rings. The number of likely N-dealkylation sites (tertiary alicyclic amines) is 1. The van der Waals surface area contributed by atoms with E-state index in [2.05, 4.69) is 21.2 Å². The van der Waals surface area contributed by atoms with Gasteiger partial charge in [0.1, 0.15) is 5.75 Å². The Hall–Kier alpha value is -1.56. The summed E-state index contributed by atoms with van der Waals surface area (Å²) in [6.07, 6.45) is 0.349. The molecule has 1 aliphatic heterocycles. The lowest BCUT2D eigenvalue weighted by atomic mass is 10.1.